The molecular weight excluding hydrogens is 386 g/mol. The maximum absolute atomic E-state index is 12.8. The maximum atomic E-state index is 12.8. The van der Waals surface area contributed by atoms with Crippen molar-refractivity contribution >= 4 is 46.3 Å². The van der Waals surface area contributed by atoms with Crippen molar-refractivity contribution in [1.82, 2.24) is 4.90 Å². The molecule has 0 aliphatic carbocycles. The fourth-order valence-electron chi connectivity index (χ4n) is 2.71. The molecule has 146 valence electrons. The second kappa shape index (κ2) is 9.23. The lowest BCUT2D eigenvalue weighted by atomic mass is 10.0. The summed E-state index contributed by atoms with van der Waals surface area (Å²) >= 11 is 6.39. The Hall–Kier alpha value is -2.06. The van der Waals surface area contributed by atoms with Gasteiger partial charge in [-0.15, -0.1) is 0 Å². The van der Waals surface area contributed by atoms with Gasteiger partial charge in [-0.25, -0.2) is 4.79 Å². The number of thioether (sulfide) groups is 1. The Morgan fingerprint density at radius 3 is 2.63 bits per heavy atom. The number of amides is 1. The molecule has 1 aliphatic heterocycles. The van der Waals surface area contributed by atoms with E-state index in [2.05, 4.69) is 0 Å². The van der Waals surface area contributed by atoms with Gasteiger partial charge < -0.3 is 14.6 Å². The molecule has 1 amide bonds. The number of aliphatic carboxylic acids is 1. The van der Waals surface area contributed by atoms with E-state index in [-0.39, 0.29) is 16.1 Å². The lowest BCUT2D eigenvalue weighted by Crippen LogP contribution is -2.44. The molecule has 0 radical (unpaired) electrons. The highest BCUT2D eigenvalue weighted by atomic mass is 32.2. The number of carboxylic acids is 1. The number of hydrogen-bond donors (Lipinski definition) is 1. The van der Waals surface area contributed by atoms with Gasteiger partial charge in [-0.2, -0.15) is 0 Å². The molecular formula is C19H23NO5S2. The number of methoxy groups -OCH3 is 1. The standard InChI is InChI=1S/C19H23NO5S2/c1-5-25-14-7-6-12(9-15(14)24-4)10-16-17(21)20(19(26)27-16)13(18(22)23)8-11(2)3/h6-7,9-11,13H,5,8H2,1-4H3,(H,22,23)/b16-10-. The van der Waals surface area contributed by atoms with Crippen molar-refractivity contribution in [3.63, 3.8) is 0 Å². The Balaban J connectivity index is 2.31. The number of carbonyl (C=O) groups is 2. The molecule has 27 heavy (non-hydrogen) atoms. The van der Waals surface area contributed by atoms with Gasteiger partial charge in [0, 0.05) is 0 Å². The van der Waals surface area contributed by atoms with E-state index in [0.29, 0.717) is 29.4 Å². The number of thiocarbonyl (C=S) groups is 1. The third-order valence-corrected chi connectivity index (χ3v) is 5.23. The van der Waals surface area contributed by atoms with Gasteiger partial charge in [0.1, 0.15) is 10.4 Å². The summed E-state index contributed by atoms with van der Waals surface area (Å²) in [5.41, 5.74) is 0.742. The van der Waals surface area contributed by atoms with E-state index in [9.17, 15) is 14.7 Å². The van der Waals surface area contributed by atoms with Crippen LogP contribution in [0, 0.1) is 5.92 Å². The monoisotopic (exact) mass is 409 g/mol. The Labute approximate surface area is 168 Å². The third-order valence-electron chi connectivity index (χ3n) is 3.90. The molecule has 1 fully saturated rings. The van der Waals surface area contributed by atoms with Crippen LogP contribution in [-0.2, 0) is 9.59 Å². The second-order valence-electron chi connectivity index (χ2n) is 6.38. The van der Waals surface area contributed by atoms with E-state index in [1.54, 1.807) is 25.3 Å². The van der Waals surface area contributed by atoms with Crippen LogP contribution in [0.3, 0.4) is 0 Å². The van der Waals surface area contributed by atoms with Crippen molar-refractivity contribution in [2.75, 3.05) is 13.7 Å². The number of hydrogen-bond acceptors (Lipinski definition) is 6. The van der Waals surface area contributed by atoms with E-state index < -0.39 is 12.0 Å². The van der Waals surface area contributed by atoms with Crippen molar-refractivity contribution in [3.05, 3.63) is 28.7 Å². The molecule has 1 aromatic carbocycles. The van der Waals surface area contributed by atoms with Crippen LogP contribution in [-0.4, -0.2) is 46.0 Å². The number of nitrogens with zero attached hydrogens (tertiary/aromatic N) is 1. The van der Waals surface area contributed by atoms with E-state index in [1.165, 1.54) is 4.90 Å². The van der Waals surface area contributed by atoms with Gasteiger partial charge >= 0.3 is 5.97 Å². The van der Waals surface area contributed by atoms with Crippen molar-refractivity contribution in [3.8, 4) is 11.5 Å². The second-order valence-corrected chi connectivity index (χ2v) is 8.05. The Morgan fingerprint density at radius 2 is 2.07 bits per heavy atom. The minimum atomic E-state index is -1.05. The third kappa shape index (κ3) is 5.01. The van der Waals surface area contributed by atoms with Crippen LogP contribution in [0.25, 0.3) is 6.08 Å². The summed E-state index contributed by atoms with van der Waals surface area (Å²) in [5, 5.41) is 9.53. The van der Waals surface area contributed by atoms with Crippen LogP contribution < -0.4 is 9.47 Å². The minimum absolute atomic E-state index is 0.120. The first-order chi connectivity index (χ1) is 12.8. The predicted molar refractivity (Wildman–Crippen MR) is 110 cm³/mol. The first kappa shape index (κ1) is 21.2. The molecule has 1 aliphatic rings. The Bertz CT molecular complexity index is 775. The summed E-state index contributed by atoms with van der Waals surface area (Å²) in [7, 11) is 1.55. The minimum Gasteiger partial charge on any atom is -0.493 e. The lowest BCUT2D eigenvalue weighted by molar-refractivity contribution is -0.145. The molecule has 2 rings (SSSR count). The summed E-state index contributed by atoms with van der Waals surface area (Å²) in [6.45, 7) is 6.22. The number of carboxylic acid groups (broad SMARTS) is 1. The largest absolute Gasteiger partial charge is 0.493 e. The van der Waals surface area contributed by atoms with Crippen LogP contribution in [0.2, 0.25) is 0 Å². The SMILES string of the molecule is CCOc1ccc(/C=C2\SC(=S)N(C(CC(C)C)C(=O)O)C2=O)cc1OC. The number of benzene rings is 1. The van der Waals surface area contributed by atoms with E-state index >= 15 is 0 Å². The van der Waals surface area contributed by atoms with Gasteiger partial charge in [0.25, 0.3) is 5.91 Å². The molecule has 1 heterocycles. The van der Waals surface area contributed by atoms with Crippen molar-refractivity contribution in [2.24, 2.45) is 5.92 Å². The van der Waals surface area contributed by atoms with E-state index in [4.69, 9.17) is 21.7 Å². The average Bonchev–Trinajstić information content (AvgIpc) is 2.87. The van der Waals surface area contributed by atoms with Gasteiger partial charge in [0.2, 0.25) is 0 Å². The average molecular weight is 410 g/mol. The maximum Gasteiger partial charge on any atom is 0.326 e. The number of carbonyl (C=O) groups excluding carboxylic acids is 1. The summed E-state index contributed by atoms with van der Waals surface area (Å²) in [5.74, 6) is -0.137. The molecule has 0 aromatic heterocycles. The zero-order valence-corrected chi connectivity index (χ0v) is 17.4. The van der Waals surface area contributed by atoms with Crippen LogP contribution in [0.15, 0.2) is 23.1 Å². The molecule has 0 spiro atoms. The Kier molecular flexibility index (Phi) is 7.26. The predicted octanol–water partition coefficient (Wildman–Crippen LogP) is 3.79. The molecule has 0 saturated carbocycles. The molecule has 8 heteroatoms. The summed E-state index contributed by atoms with van der Waals surface area (Å²) in [4.78, 5) is 26.0. The van der Waals surface area contributed by atoms with Gasteiger partial charge in [-0.3, -0.25) is 9.69 Å². The Morgan fingerprint density at radius 1 is 1.37 bits per heavy atom. The lowest BCUT2D eigenvalue weighted by Gasteiger charge is -2.24. The molecule has 6 nitrogen and oxygen atoms in total. The van der Waals surface area contributed by atoms with Gasteiger partial charge in [-0.05, 0) is 43.0 Å². The first-order valence-corrected chi connectivity index (χ1v) is 9.81. The van der Waals surface area contributed by atoms with E-state index in [0.717, 1.165) is 17.3 Å². The molecule has 0 bridgehead atoms. The zero-order valence-electron chi connectivity index (χ0n) is 15.7. The molecule has 1 aromatic rings. The van der Waals surface area contributed by atoms with Crippen LogP contribution >= 0.6 is 24.0 Å². The molecule has 1 atom stereocenters. The number of ether oxygens (including phenoxy) is 2. The smallest absolute Gasteiger partial charge is 0.326 e. The molecule has 1 unspecified atom stereocenters. The number of rotatable bonds is 8. The van der Waals surface area contributed by atoms with Crippen molar-refractivity contribution < 1.29 is 24.2 Å². The zero-order chi connectivity index (χ0) is 20.1. The van der Waals surface area contributed by atoms with Gasteiger partial charge in [-0.1, -0.05) is 43.9 Å². The van der Waals surface area contributed by atoms with Gasteiger partial charge in [0.15, 0.2) is 11.5 Å². The normalized spacial score (nSPS) is 16.9. The quantitative estimate of drug-likeness (QED) is 0.517. The van der Waals surface area contributed by atoms with Gasteiger partial charge in [0.05, 0.1) is 18.6 Å². The summed E-state index contributed by atoms with van der Waals surface area (Å²) < 4.78 is 11.1. The summed E-state index contributed by atoms with van der Waals surface area (Å²) in [6.07, 6.45) is 2.03. The molecule has 1 saturated heterocycles. The topological polar surface area (TPSA) is 76.1 Å². The summed E-state index contributed by atoms with van der Waals surface area (Å²) in [6, 6.07) is 4.38. The van der Waals surface area contributed by atoms with E-state index in [1.807, 2.05) is 26.8 Å². The highest BCUT2D eigenvalue weighted by Gasteiger charge is 2.40. The highest BCUT2D eigenvalue weighted by molar-refractivity contribution is 8.26. The van der Waals surface area contributed by atoms with Crippen LogP contribution in [0.5, 0.6) is 11.5 Å². The molecule has 1 N–H and O–H groups in total. The van der Waals surface area contributed by atoms with Crippen molar-refractivity contribution in [2.45, 2.75) is 33.2 Å². The fourth-order valence-corrected chi connectivity index (χ4v) is 4.07. The fraction of sp³-hybridized carbons (Fsp3) is 0.421. The van der Waals surface area contributed by atoms with Crippen LogP contribution in [0.1, 0.15) is 32.8 Å². The first-order valence-electron chi connectivity index (χ1n) is 8.59. The highest BCUT2D eigenvalue weighted by Crippen LogP contribution is 2.36. The van der Waals surface area contributed by atoms with Crippen molar-refractivity contribution in [1.29, 1.82) is 0 Å². The van der Waals surface area contributed by atoms with Crippen LogP contribution in [0.4, 0.5) is 0 Å².